The lowest BCUT2D eigenvalue weighted by atomic mass is 10.0. The highest BCUT2D eigenvalue weighted by atomic mass is 35.5. The summed E-state index contributed by atoms with van der Waals surface area (Å²) < 4.78 is 0. The molecule has 0 fully saturated rings. The summed E-state index contributed by atoms with van der Waals surface area (Å²) in [5.41, 5.74) is 5.69. The molecular formula is C20H13ClN2. The van der Waals surface area contributed by atoms with Gasteiger partial charge < -0.3 is 0 Å². The highest BCUT2D eigenvalue weighted by molar-refractivity contribution is 6.32. The lowest BCUT2D eigenvalue weighted by Gasteiger charge is -2.07. The van der Waals surface area contributed by atoms with Gasteiger partial charge in [-0.3, -0.25) is 0 Å². The maximum Gasteiger partial charge on any atom is 0.156 e. The van der Waals surface area contributed by atoms with E-state index in [4.69, 9.17) is 11.6 Å². The molecule has 0 N–H and O–H groups in total. The van der Waals surface area contributed by atoms with Gasteiger partial charge in [0.2, 0.25) is 0 Å². The summed E-state index contributed by atoms with van der Waals surface area (Å²) in [5.74, 6) is 0. The van der Waals surface area contributed by atoms with Gasteiger partial charge in [0.1, 0.15) is 5.69 Å². The van der Waals surface area contributed by atoms with E-state index in [9.17, 15) is 0 Å². The average molecular weight is 317 g/mol. The summed E-state index contributed by atoms with van der Waals surface area (Å²) in [6.07, 6.45) is 0. The van der Waals surface area contributed by atoms with Gasteiger partial charge >= 0.3 is 0 Å². The zero-order chi connectivity index (χ0) is 15.6. The van der Waals surface area contributed by atoms with Crippen LogP contribution in [0.15, 0.2) is 78.9 Å². The van der Waals surface area contributed by atoms with Gasteiger partial charge in [-0.1, -0.05) is 78.3 Å². The quantitative estimate of drug-likeness (QED) is 0.480. The highest BCUT2D eigenvalue weighted by Crippen LogP contribution is 2.28. The van der Waals surface area contributed by atoms with Crippen molar-refractivity contribution in [3.05, 3.63) is 84.0 Å². The fourth-order valence-corrected chi connectivity index (χ4v) is 2.86. The molecule has 2 nitrogen and oxygen atoms in total. The number of halogens is 1. The third-order valence-corrected chi connectivity index (χ3v) is 4.06. The molecule has 0 amide bonds. The van der Waals surface area contributed by atoms with Gasteiger partial charge in [-0.15, -0.1) is 0 Å². The van der Waals surface area contributed by atoms with Gasteiger partial charge in [0.25, 0.3) is 0 Å². The minimum atomic E-state index is 0.427. The Morgan fingerprint density at radius 3 is 1.74 bits per heavy atom. The van der Waals surface area contributed by atoms with Crippen LogP contribution in [-0.2, 0) is 0 Å². The number of para-hydroxylation sites is 2. The van der Waals surface area contributed by atoms with Crippen LogP contribution in [0.4, 0.5) is 0 Å². The maximum absolute atomic E-state index is 6.32. The Kier molecular flexibility index (Phi) is 3.52. The van der Waals surface area contributed by atoms with Crippen molar-refractivity contribution in [3.63, 3.8) is 0 Å². The second kappa shape index (κ2) is 5.82. The summed E-state index contributed by atoms with van der Waals surface area (Å²) >= 11 is 6.32. The van der Waals surface area contributed by atoms with E-state index >= 15 is 0 Å². The summed E-state index contributed by atoms with van der Waals surface area (Å²) in [5, 5.41) is 0.427. The van der Waals surface area contributed by atoms with Crippen LogP contribution in [0, 0.1) is 0 Å². The monoisotopic (exact) mass is 316 g/mol. The van der Waals surface area contributed by atoms with Crippen molar-refractivity contribution in [2.75, 3.05) is 0 Å². The fourth-order valence-electron chi connectivity index (χ4n) is 2.61. The molecule has 23 heavy (non-hydrogen) atoms. The van der Waals surface area contributed by atoms with Gasteiger partial charge in [0.05, 0.1) is 11.0 Å². The minimum Gasteiger partial charge on any atom is -0.243 e. The van der Waals surface area contributed by atoms with Crippen LogP contribution in [-0.4, -0.2) is 9.97 Å². The highest BCUT2D eigenvalue weighted by Gasteiger charge is 2.09. The minimum absolute atomic E-state index is 0.427. The van der Waals surface area contributed by atoms with Crippen LogP contribution in [0.25, 0.3) is 33.4 Å². The van der Waals surface area contributed by atoms with Crippen LogP contribution in [0.2, 0.25) is 5.15 Å². The second-order valence-electron chi connectivity index (χ2n) is 5.30. The standard InChI is InChI=1S/C20H13ClN2/c21-20-19(22-17-8-4-5-9-18(17)23-20)16-12-10-15(11-13-16)14-6-2-1-3-7-14/h1-13H. The van der Waals surface area contributed by atoms with Crippen molar-refractivity contribution in [3.8, 4) is 22.4 Å². The molecule has 0 aliphatic carbocycles. The van der Waals surface area contributed by atoms with Gasteiger partial charge in [0, 0.05) is 5.56 Å². The van der Waals surface area contributed by atoms with E-state index in [1.54, 1.807) is 0 Å². The SMILES string of the molecule is Clc1nc2ccccc2nc1-c1ccc(-c2ccccc2)cc1. The van der Waals surface area contributed by atoms with E-state index in [-0.39, 0.29) is 0 Å². The lowest BCUT2D eigenvalue weighted by Crippen LogP contribution is -1.91. The van der Waals surface area contributed by atoms with E-state index in [0.717, 1.165) is 16.6 Å². The molecule has 0 saturated carbocycles. The van der Waals surface area contributed by atoms with E-state index < -0.39 is 0 Å². The van der Waals surface area contributed by atoms with Crippen molar-refractivity contribution in [1.82, 2.24) is 9.97 Å². The summed E-state index contributed by atoms with van der Waals surface area (Å²) in [4.78, 5) is 9.09. The van der Waals surface area contributed by atoms with Crippen LogP contribution >= 0.6 is 11.6 Å². The first-order valence-electron chi connectivity index (χ1n) is 7.39. The number of benzene rings is 3. The molecule has 0 radical (unpaired) electrons. The Labute approximate surface area is 139 Å². The Hall–Kier alpha value is -2.71. The molecule has 0 atom stereocenters. The normalized spacial score (nSPS) is 10.8. The molecule has 0 aliphatic rings. The van der Waals surface area contributed by atoms with E-state index in [0.29, 0.717) is 10.8 Å². The number of aromatic nitrogens is 2. The fraction of sp³-hybridized carbons (Fsp3) is 0. The zero-order valence-electron chi connectivity index (χ0n) is 12.3. The largest absolute Gasteiger partial charge is 0.243 e. The van der Waals surface area contributed by atoms with E-state index in [1.165, 1.54) is 11.1 Å². The van der Waals surface area contributed by atoms with Crippen LogP contribution in [0.3, 0.4) is 0 Å². The molecule has 1 heterocycles. The maximum atomic E-state index is 6.32. The Morgan fingerprint density at radius 1 is 0.522 bits per heavy atom. The molecule has 0 bridgehead atoms. The van der Waals surface area contributed by atoms with Crippen molar-refractivity contribution >= 4 is 22.6 Å². The van der Waals surface area contributed by atoms with Gasteiger partial charge in [0.15, 0.2) is 5.15 Å². The first-order chi connectivity index (χ1) is 11.3. The summed E-state index contributed by atoms with van der Waals surface area (Å²) in [6.45, 7) is 0. The van der Waals surface area contributed by atoms with Crippen LogP contribution in [0.5, 0.6) is 0 Å². The summed E-state index contributed by atoms with van der Waals surface area (Å²) in [6, 6.07) is 26.3. The Balaban J connectivity index is 1.78. The first kappa shape index (κ1) is 13.9. The number of hydrogen-bond donors (Lipinski definition) is 0. The zero-order valence-corrected chi connectivity index (χ0v) is 13.0. The van der Waals surface area contributed by atoms with E-state index in [2.05, 4.69) is 34.2 Å². The van der Waals surface area contributed by atoms with Crippen LogP contribution < -0.4 is 0 Å². The molecule has 4 aromatic rings. The first-order valence-corrected chi connectivity index (χ1v) is 7.77. The summed E-state index contributed by atoms with van der Waals surface area (Å²) in [7, 11) is 0. The molecular weight excluding hydrogens is 304 g/mol. The molecule has 3 aromatic carbocycles. The van der Waals surface area contributed by atoms with Crippen molar-refractivity contribution < 1.29 is 0 Å². The smallest absolute Gasteiger partial charge is 0.156 e. The Morgan fingerprint density at radius 2 is 1.04 bits per heavy atom. The molecule has 3 heteroatoms. The topological polar surface area (TPSA) is 25.8 Å². The van der Waals surface area contributed by atoms with Gasteiger partial charge in [-0.05, 0) is 23.3 Å². The average Bonchev–Trinajstić information content (AvgIpc) is 2.62. The molecule has 0 unspecified atom stereocenters. The van der Waals surface area contributed by atoms with Crippen LogP contribution in [0.1, 0.15) is 0 Å². The third-order valence-electron chi connectivity index (χ3n) is 3.79. The molecule has 4 rings (SSSR count). The number of rotatable bonds is 2. The predicted octanol–water partition coefficient (Wildman–Crippen LogP) is 5.62. The Bertz CT molecular complexity index is 964. The van der Waals surface area contributed by atoms with Gasteiger partial charge in [-0.2, -0.15) is 0 Å². The molecule has 1 aromatic heterocycles. The van der Waals surface area contributed by atoms with Crippen molar-refractivity contribution in [2.45, 2.75) is 0 Å². The second-order valence-corrected chi connectivity index (χ2v) is 5.65. The van der Waals surface area contributed by atoms with Crippen molar-refractivity contribution in [1.29, 1.82) is 0 Å². The number of hydrogen-bond acceptors (Lipinski definition) is 2. The number of fused-ring (bicyclic) bond motifs is 1. The molecule has 0 spiro atoms. The lowest BCUT2D eigenvalue weighted by molar-refractivity contribution is 1.29. The molecule has 0 aliphatic heterocycles. The number of nitrogens with zero attached hydrogens (tertiary/aromatic N) is 2. The molecule has 0 saturated heterocycles. The molecule has 110 valence electrons. The third kappa shape index (κ3) is 2.69. The van der Waals surface area contributed by atoms with E-state index in [1.807, 2.05) is 54.6 Å². The predicted molar refractivity (Wildman–Crippen MR) is 95.4 cm³/mol. The van der Waals surface area contributed by atoms with Crippen molar-refractivity contribution in [2.24, 2.45) is 0 Å². The van der Waals surface area contributed by atoms with Gasteiger partial charge in [-0.25, -0.2) is 9.97 Å².